The summed E-state index contributed by atoms with van der Waals surface area (Å²) in [6.07, 6.45) is 2.78. The molecule has 1 atom stereocenters. The highest BCUT2D eigenvalue weighted by Crippen LogP contribution is 2.24. The molecule has 3 heteroatoms. The van der Waals surface area contributed by atoms with Crippen LogP contribution in [-0.2, 0) is 10.2 Å². The van der Waals surface area contributed by atoms with Crippen LogP contribution >= 0.6 is 0 Å². The number of ketones is 1. The van der Waals surface area contributed by atoms with Crippen LogP contribution in [-0.4, -0.2) is 30.9 Å². The molecule has 0 fully saturated rings. The summed E-state index contributed by atoms with van der Waals surface area (Å²) in [4.78, 5) is 13.7. The number of ether oxygens (including phenoxy) is 1. The van der Waals surface area contributed by atoms with Crippen molar-refractivity contribution in [1.29, 1.82) is 0 Å². The molecule has 1 aromatic rings. The number of hydrogen-bond donors (Lipinski definition) is 0. The van der Waals surface area contributed by atoms with E-state index in [4.69, 9.17) is 4.74 Å². The smallest absolute Gasteiger partial charge is 0.197 e. The molecule has 0 bridgehead atoms. The first-order chi connectivity index (χ1) is 9.20. The average molecular weight is 275 g/mol. The number of nitrogens with zero attached hydrogens (tertiary/aromatic N) is 1. The molecule has 0 aliphatic carbocycles. The first kappa shape index (κ1) is 16.3. The molecule has 1 rings (SSSR count). The number of rotatable bonds is 5. The number of carbonyl (C=O) groups excluding carboxylic acids is 1. The van der Waals surface area contributed by atoms with Crippen molar-refractivity contribution >= 4 is 5.78 Å². The first-order valence-corrected chi connectivity index (χ1v) is 6.86. The summed E-state index contributed by atoms with van der Waals surface area (Å²) in [7, 11) is 3.75. The van der Waals surface area contributed by atoms with Crippen molar-refractivity contribution in [3.63, 3.8) is 0 Å². The Bertz CT molecular complexity index is 467. The zero-order valence-corrected chi connectivity index (χ0v) is 13.3. The van der Waals surface area contributed by atoms with Gasteiger partial charge in [-0.3, -0.25) is 4.79 Å². The largest absolute Gasteiger partial charge is 0.483 e. The molecule has 0 saturated heterocycles. The van der Waals surface area contributed by atoms with Crippen LogP contribution in [0.2, 0.25) is 0 Å². The summed E-state index contributed by atoms with van der Waals surface area (Å²) in [5.41, 5.74) is 1.37. The van der Waals surface area contributed by atoms with Crippen LogP contribution in [0.5, 0.6) is 5.75 Å². The fourth-order valence-electron chi connectivity index (χ4n) is 1.65. The molecule has 0 aliphatic heterocycles. The summed E-state index contributed by atoms with van der Waals surface area (Å²) in [5, 5.41) is 0. The molecule has 0 heterocycles. The van der Waals surface area contributed by atoms with Gasteiger partial charge in [0, 0.05) is 26.4 Å². The van der Waals surface area contributed by atoms with Crippen LogP contribution in [0.1, 0.15) is 33.3 Å². The SMILES string of the molecule is C[C@@H](Oc1ccc(C(C)(C)C)cc1)C(=O)/C=C/N(C)C. The molecule has 0 aromatic heterocycles. The van der Waals surface area contributed by atoms with Crippen LogP contribution in [0.15, 0.2) is 36.5 Å². The maximum absolute atomic E-state index is 11.8. The van der Waals surface area contributed by atoms with E-state index in [1.165, 1.54) is 11.6 Å². The van der Waals surface area contributed by atoms with E-state index in [2.05, 4.69) is 20.8 Å². The molecule has 0 spiro atoms. The van der Waals surface area contributed by atoms with Crippen LogP contribution in [0.3, 0.4) is 0 Å². The molecule has 0 unspecified atom stereocenters. The highest BCUT2D eigenvalue weighted by Gasteiger charge is 2.15. The maximum atomic E-state index is 11.8. The van der Waals surface area contributed by atoms with E-state index in [0.717, 1.165) is 5.75 Å². The minimum Gasteiger partial charge on any atom is -0.483 e. The van der Waals surface area contributed by atoms with Crippen molar-refractivity contribution in [3.05, 3.63) is 42.1 Å². The standard InChI is InChI=1S/C17H25NO2/c1-13(16(19)11-12-18(5)6)20-15-9-7-14(8-10-15)17(2,3)4/h7-13H,1-6H3/b12-11+/t13-/m1/s1. The van der Waals surface area contributed by atoms with E-state index < -0.39 is 6.10 Å². The lowest BCUT2D eigenvalue weighted by atomic mass is 9.87. The summed E-state index contributed by atoms with van der Waals surface area (Å²) < 4.78 is 5.66. The minimum atomic E-state index is -0.480. The van der Waals surface area contributed by atoms with Gasteiger partial charge in [0.15, 0.2) is 11.9 Å². The maximum Gasteiger partial charge on any atom is 0.197 e. The van der Waals surface area contributed by atoms with E-state index in [-0.39, 0.29) is 11.2 Å². The molecular weight excluding hydrogens is 250 g/mol. The van der Waals surface area contributed by atoms with Gasteiger partial charge in [-0.25, -0.2) is 0 Å². The lowest BCUT2D eigenvalue weighted by molar-refractivity contribution is -0.120. The molecule has 110 valence electrons. The fraction of sp³-hybridized carbons (Fsp3) is 0.471. The molecule has 0 aliphatic rings. The quantitative estimate of drug-likeness (QED) is 0.771. The van der Waals surface area contributed by atoms with Crippen molar-refractivity contribution in [1.82, 2.24) is 4.90 Å². The van der Waals surface area contributed by atoms with Gasteiger partial charge in [-0.15, -0.1) is 0 Å². The summed E-state index contributed by atoms with van der Waals surface area (Å²) in [6, 6.07) is 7.92. The van der Waals surface area contributed by atoms with Gasteiger partial charge < -0.3 is 9.64 Å². The highest BCUT2D eigenvalue weighted by molar-refractivity contribution is 5.93. The normalized spacial score (nSPS) is 13.3. The second kappa shape index (κ2) is 6.60. The lowest BCUT2D eigenvalue weighted by Gasteiger charge is -2.19. The predicted octanol–water partition coefficient (Wildman–Crippen LogP) is 3.40. The summed E-state index contributed by atoms with van der Waals surface area (Å²) in [6.45, 7) is 8.27. The van der Waals surface area contributed by atoms with Crippen molar-refractivity contribution in [3.8, 4) is 5.75 Å². The van der Waals surface area contributed by atoms with Crippen molar-refractivity contribution in [2.75, 3.05) is 14.1 Å². The number of benzene rings is 1. The van der Waals surface area contributed by atoms with Crippen molar-refractivity contribution in [2.24, 2.45) is 0 Å². The van der Waals surface area contributed by atoms with Gasteiger partial charge in [-0.05, 0) is 30.0 Å². The Balaban J connectivity index is 2.67. The van der Waals surface area contributed by atoms with E-state index in [1.807, 2.05) is 43.3 Å². The number of carbonyl (C=O) groups is 1. The molecule has 20 heavy (non-hydrogen) atoms. The Morgan fingerprint density at radius 2 is 1.75 bits per heavy atom. The van der Waals surface area contributed by atoms with Crippen LogP contribution in [0.4, 0.5) is 0 Å². The monoisotopic (exact) mass is 275 g/mol. The van der Waals surface area contributed by atoms with Crippen molar-refractivity contribution in [2.45, 2.75) is 39.2 Å². The zero-order valence-electron chi connectivity index (χ0n) is 13.3. The van der Waals surface area contributed by atoms with Crippen LogP contribution in [0, 0.1) is 0 Å². The topological polar surface area (TPSA) is 29.5 Å². The third-order valence-corrected chi connectivity index (χ3v) is 2.97. The van der Waals surface area contributed by atoms with Gasteiger partial charge in [-0.1, -0.05) is 32.9 Å². The Hall–Kier alpha value is -1.77. The Kier molecular flexibility index (Phi) is 5.37. The van der Waals surface area contributed by atoms with Gasteiger partial charge in [-0.2, -0.15) is 0 Å². The van der Waals surface area contributed by atoms with Gasteiger partial charge >= 0.3 is 0 Å². The lowest BCUT2D eigenvalue weighted by Crippen LogP contribution is -2.22. The average Bonchev–Trinajstić information content (AvgIpc) is 2.35. The van der Waals surface area contributed by atoms with Gasteiger partial charge in [0.1, 0.15) is 5.75 Å². The summed E-state index contributed by atoms with van der Waals surface area (Å²) >= 11 is 0. The Morgan fingerprint density at radius 1 is 1.20 bits per heavy atom. The third-order valence-electron chi connectivity index (χ3n) is 2.97. The third kappa shape index (κ3) is 5.08. The molecule has 1 aromatic carbocycles. The molecular formula is C17H25NO2. The van der Waals surface area contributed by atoms with Crippen LogP contribution in [0.25, 0.3) is 0 Å². The Morgan fingerprint density at radius 3 is 2.20 bits per heavy atom. The molecule has 0 saturated carbocycles. The molecule has 3 nitrogen and oxygen atoms in total. The molecule has 0 N–H and O–H groups in total. The van der Waals surface area contributed by atoms with E-state index in [9.17, 15) is 4.79 Å². The fourth-order valence-corrected chi connectivity index (χ4v) is 1.65. The second-order valence-corrected chi connectivity index (χ2v) is 6.22. The second-order valence-electron chi connectivity index (χ2n) is 6.22. The Labute approximate surface area is 122 Å². The predicted molar refractivity (Wildman–Crippen MR) is 83.1 cm³/mol. The van der Waals surface area contributed by atoms with E-state index >= 15 is 0 Å². The van der Waals surface area contributed by atoms with Crippen LogP contribution < -0.4 is 4.74 Å². The van der Waals surface area contributed by atoms with Gasteiger partial charge in [0.2, 0.25) is 0 Å². The van der Waals surface area contributed by atoms with E-state index in [1.54, 1.807) is 13.1 Å². The van der Waals surface area contributed by atoms with E-state index in [0.29, 0.717) is 0 Å². The number of hydrogen-bond acceptors (Lipinski definition) is 3. The summed E-state index contributed by atoms with van der Waals surface area (Å²) in [5.74, 6) is 0.677. The minimum absolute atomic E-state index is 0.0430. The highest BCUT2D eigenvalue weighted by atomic mass is 16.5. The van der Waals surface area contributed by atoms with Gasteiger partial charge in [0.25, 0.3) is 0 Å². The molecule has 0 radical (unpaired) electrons. The first-order valence-electron chi connectivity index (χ1n) is 6.86. The molecule has 0 amide bonds. The van der Waals surface area contributed by atoms with Crippen molar-refractivity contribution < 1.29 is 9.53 Å². The van der Waals surface area contributed by atoms with Gasteiger partial charge in [0.05, 0.1) is 0 Å². The zero-order chi connectivity index (χ0) is 15.3.